The molecule has 0 aliphatic heterocycles. The number of rotatable bonds is 15. The number of benzene rings is 3. The van der Waals surface area contributed by atoms with Crippen molar-refractivity contribution in [1.82, 2.24) is 0 Å². The van der Waals surface area contributed by atoms with Gasteiger partial charge in [0.05, 0.1) is 6.54 Å². The van der Waals surface area contributed by atoms with E-state index >= 15 is 0 Å². The number of quaternary nitrogens is 1. The SMILES string of the molecule is CCCCC/C=C/CCCC[N+](Cc1ccccc1)(Cc1ccccc1)Cc1ccccc1. The van der Waals surface area contributed by atoms with Gasteiger partial charge in [0.15, 0.2) is 0 Å². The van der Waals surface area contributed by atoms with Gasteiger partial charge in [0.25, 0.3) is 0 Å². The van der Waals surface area contributed by atoms with Crippen LogP contribution in [0.15, 0.2) is 103 Å². The summed E-state index contributed by atoms with van der Waals surface area (Å²) in [7, 11) is 0. The van der Waals surface area contributed by atoms with Crippen LogP contribution in [0.4, 0.5) is 0 Å². The molecule has 0 heterocycles. The summed E-state index contributed by atoms with van der Waals surface area (Å²) in [4.78, 5) is 0. The molecule has 174 valence electrons. The molecule has 3 aromatic rings. The molecule has 0 unspecified atom stereocenters. The summed E-state index contributed by atoms with van der Waals surface area (Å²) in [5.74, 6) is 0. The number of hydrogen-bond acceptors (Lipinski definition) is 0. The summed E-state index contributed by atoms with van der Waals surface area (Å²) in [6, 6.07) is 33.2. The van der Waals surface area contributed by atoms with E-state index in [4.69, 9.17) is 0 Å². The van der Waals surface area contributed by atoms with Crippen LogP contribution in [0.25, 0.3) is 0 Å². The second-order valence-electron chi connectivity index (χ2n) is 9.46. The first-order valence-electron chi connectivity index (χ1n) is 12.9. The molecule has 1 nitrogen and oxygen atoms in total. The standard InChI is InChI=1S/C32H42N/c1-2-3-4-5-6-7-8-9-19-26-33(27-30-20-13-10-14-21-30,28-31-22-15-11-16-23-31)29-32-24-17-12-18-25-32/h6-7,10-18,20-25H,2-5,8-9,19,26-29H2,1H3/q+1/b7-6+. The maximum Gasteiger partial charge on any atom is 0.105 e. The normalized spacial score (nSPS) is 11.8. The van der Waals surface area contributed by atoms with Gasteiger partial charge in [0.1, 0.15) is 19.6 Å². The number of nitrogens with zero attached hydrogens (tertiary/aromatic N) is 1. The molecular weight excluding hydrogens is 398 g/mol. The number of allylic oxidation sites excluding steroid dienone is 2. The van der Waals surface area contributed by atoms with Gasteiger partial charge in [-0.2, -0.15) is 0 Å². The lowest BCUT2D eigenvalue weighted by Crippen LogP contribution is -2.46. The monoisotopic (exact) mass is 440 g/mol. The highest BCUT2D eigenvalue weighted by Crippen LogP contribution is 2.25. The molecule has 0 amide bonds. The average Bonchev–Trinajstić information content (AvgIpc) is 2.85. The van der Waals surface area contributed by atoms with Crippen molar-refractivity contribution >= 4 is 0 Å². The van der Waals surface area contributed by atoms with E-state index in [-0.39, 0.29) is 0 Å². The largest absolute Gasteiger partial charge is 0.312 e. The van der Waals surface area contributed by atoms with Crippen molar-refractivity contribution in [3.8, 4) is 0 Å². The van der Waals surface area contributed by atoms with Crippen molar-refractivity contribution in [2.24, 2.45) is 0 Å². The van der Waals surface area contributed by atoms with Crippen LogP contribution in [0.3, 0.4) is 0 Å². The fraction of sp³-hybridized carbons (Fsp3) is 0.375. The first-order chi connectivity index (χ1) is 16.3. The Morgan fingerprint density at radius 1 is 0.515 bits per heavy atom. The van der Waals surface area contributed by atoms with Crippen molar-refractivity contribution in [2.75, 3.05) is 6.54 Å². The van der Waals surface area contributed by atoms with E-state index in [1.54, 1.807) is 0 Å². The molecule has 0 bridgehead atoms. The minimum absolute atomic E-state index is 1.07. The van der Waals surface area contributed by atoms with Crippen molar-refractivity contribution in [1.29, 1.82) is 0 Å². The topological polar surface area (TPSA) is 0 Å². The maximum atomic E-state index is 2.41. The fourth-order valence-corrected chi connectivity index (χ4v) is 4.77. The highest BCUT2D eigenvalue weighted by Gasteiger charge is 2.28. The van der Waals surface area contributed by atoms with E-state index in [1.165, 1.54) is 68.2 Å². The predicted octanol–water partition coefficient (Wildman–Crippen LogP) is 8.71. The second kappa shape index (κ2) is 14.5. The Morgan fingerprint density at radius 2 is 0.909 bits per heavy atom. The molecule has 0 aliphatic rings. The quantitative estimate of drug-likeness (QED) is 0.126. The van der Waals surface area contributed by atoms with Crippen LogP contribution in [0.5, 0.6) is 0 Å². The maximum absolute atomic E-state index is 2.41. The zero-order valence-electron chi connectivity index (χ0n) is 20.5. The lowest BCUT2D eigenvalue weighted by molar-refractivity contribution is -0.966. The summed E-state index contributed by atoms with van der Waals surface area (Å²) in [6.07, 6.45) is 13.8. The zero-order chi connectivity index (χ0) is 23.0. The first-order valence-corrected chi connectivity index (χ1v) is 12.9. The Hall–Kier alpha value is -2.64. The Morgan fingerprint density at radius 3 is 1.30 bits per heavy atom. The van der Waals surface area contributed by atoms with Gasteiger partial charge in [-0.25, -0.2) is 0 Å². The van der Waals surface area contributed by atoms with Gasteiger partial charge in [-0.1, -0.05) is 123 Å². The third-order valence-corrected chi connectivity index (χ3v) is 6.48. The molecular formula is C32H42N+. The third-order valence-electron chi connectivity index (χ3n) is 6.48. The second-order valence-corrected chi connectivity index (χ2v) is 9.46. The van der Waals surface area contributed by atoms with Gasteiger partial charge < -0.3 is 4.48 Å². The van der Waals surface area contributed by atoms with Crippen LogP contribution in [-0.4, -0.2) is 11.0 Å². The van der Waals surface area contributed by atoms with Gasteiger partial charge in [-0.05, 0) is 32.1 Å². The summed E-state index contributed by atoms with van der Waals surface area (Å²) in [5, 5.41) is 0. The molecule has 0 fully saturated rings. The molecule has 33 heavy (non-hydrogen) atoms. The van der Waals surface area contributed by atoms with Crippen molar-refractivity contribution in [3.63, 3.8) is 0 Å². The van der Waals surface area contributed by atoms with Crippen LogP contribution in [-0.2, 0) is 19.6 Å². The van der Waals surface area contributed by atoms with Gasteiger partial charge >= 0.3 is 0 Å². The summed E-state index contributed by atoms with van der Waals surface area (Å²) < 4.78 is 1.07. The minimum Gasteiger partial charge on any atom is -0.312 e. The highest BCUT2D eigenvalue weighted by atomic mass is 15.3. The molecule has 0 aromatic heterocycles. The van der Waals surface area contributed by atoms with Crippen LogP contribution in [0.1, 0.15) is 68.6 Å². The number of unbranched alkanes of at least 4 members (excludes halogenated alkanes) is 5. The molecule has 0 spiro atoms. The number of hydrogen-bond donors (Lipinski definition) is 0. The molecule has 0 N–H and O–H groups in total. The summed E-state index contributed by atoms with van der Waals surface area (Å²) >= 11 is 0. The summed E-state index contributed by atoms with van der Waals surface area (Å²) in [6.45, 7) is 6.67. The lowest BCUT2D eigenvalue weighted by atomic mass is 10.1. The van der Waals surface area contributed by atoms with Gasteiger partial charge in [0, 0.05) is 16.7 Å². The molecule has 0 radical (unpaired) electrons. The Kier molecular flexibility index (Phi) is 11.0. The molecule has 0 atom stereocenters. The molecule has 0 saturated carbocycles. The van der Waals surface area contributed by atoms with E-state index in [2.05, 4.69) is 110 Å². The first kappa shape index (κ1) is 25.0. The van der Waals surface area contributed by atoms with Crippen molar-refractivity contribution in [2.45, 2.75) is 71.5 Å². The zero-order valence-corrected chi connectivity index (χ0v) is 20.5. The van der Waals surface area contributed by atoms with Gasteiger partial charge in [-0.15, -0.1) is 0 Å². The fourth-order valence-electron chi connectivity index (χ4n) is 4.77. The Labute approximate surface area is 202 Å². The lowest BCUT2D eigenvalue weighted by Gasteiger charge is -2.39. The third kappa shape index (κ3) is 9.40. The Balaban J connectivity index is 1.73. The van der Waals surface area contributed by atoms with Crippen LogP contribution < -0.4 is 0 Å². The smallest absolute Gasteiger partial charge is 0.105 e. The predicted molar refractivity (Wildman–Crippen MR) is 143 cm³/mol. The van der Waals surface area contributed by atoms with E-state index in [9.17, 15) is 0 Å². The van der Waals surface area contributed by atoms with E-state index < -0.39 is 0 Å². The van der Waals surface area contributed by atoms with Gasteiger partial charge in [-0.3, -0.25) is 0 Å². The molecule has 0 aliphatic carbocycles. The van der Waals surface area contributed by atoms with Crippen LogP contribution in [0, 0.1) is 0 Å². The summed E-state index contributed by atoms with van der Waals surface area (Å²) in [5.41, 5.74) is 4.29. The highest BCUT2D eigenvalue weighted by molar-refractivity contribution is 5.17. The van der Waals surface area contributed by atoms with E-state index in [1.807, 2.05) is 0 Å². The average molecular weight is 441 g/mol. The molecule has 3 rings (SSSR count). The minimum atomic E-state index is 1.07. The molecule has 1 heteroatoms. The van der Waals surface area contributed by atoms with Crippen LogP contribution in [0.2, 0.25) is 0 Å². The van der Waals surface area contributed by atoms with Crippen molar-refractivity contribution in [3.05, 3.63) is 120 Å². The van der Waals surface area contributed by atoms with E-state index in [0.717, 1.165) is 24.1 Å². The molecule has 0 saturated heterocycles. The van der Waals surface area contributed by atoms with E-state index in [0.29, 0.717) is 0 Å². The van der Waals surface area contributed by atoms with Crippen molar-refractivity contribution < 1.29 is 4.48 Å². The van der Waals surface area contributed by atoms with Crippen LogP contribution >= 0.6 is 0 Å². The molecule has 3 aromatic carbocycles. The Bertz CT molecular complexity index is 798. The van der Waals surface area contributed by atoms with Gasteiger partial charge in [0.2, 0.25) is 0 Å².